The first-order valence-corrected chi connectivity index (χ1v) is 7.59. The van der Waals surface area contributed by atoms with Crippen molar-refractivity contribution in [2.24, 2.45) is 5.92 Å². The van der Waals surface area contributed by atoms with Crippen molar-refractivity contribution in [3.8, 4) is 5.75 Å². The van der Waals surface area contributed by atoms with Gasteiger partial charge in [-0.1, -0.05) is 18.2 Å². The molecule has 0 aliphatic carbocycles. The molecular formula is C16H20N4O. The summed E-state index contributed by atoms with van der Waals surface area (Å²) in [5, 5.41) is 11.3. The molecule has 5 nitrogen and oxygen atoms in total. The van der Waals surface area contributed by atoms with Gasteiger partial charge in [0.25, 0.3) is 0 Å². The standard InChI is InChI=1S/C16H20N4O/c1-2-4-15-13(3-1)7-14(21-15)10-17-8-12-9-18-16-5-6-19-20(16)11-12/h1-6,12,14,17-18H,7-11H2/t12-,14+/m0/s1. The molecule has 1 aromatic heterocycles. The van der Waals surface area contributed by atoms with Crippen molar-refractivity contribution >= 4 is 5.82 Å². The first-order chi connectivity index (χ1) is 10.4. The zero-order chi connectivity index (χ0) is 14.1. The maximum Gasteiger partial charge on any atom is 0.124 e. The number of ether oxygens (including phenoxy) is 1. The molecule has 0 amide bonds. The molecule has 2 N–H and O–H groups in total. The third-order valence-electron chi connectivity index (χ3n) is 4.24. The Bertz CT molecular complexity index is 597. The summed E-state index contributed by atoms with van der Waals surface area (Å²) >= 11 is 0. The van der Waals surface area contributed by atoms with Gasteiger partial charge in [-0.2, -0.15) is 5.10 Å². The van der Waals surface area contributed by atoms with Gasteiger partial charge in [0.15, 0.2) is 0 Å². The molecule has 5 heteroatoms. The van der Waals surface area contributed by atoms with Crippen molar-refractivity contribution in [1.82, 2.24) is 15.1 Å². The number of aromatic nitrogens is 2. The van der Waals surface area contributed by atoms with Gasteiger partial charge >= 0.3 is 0 Å². The quantitative estimate of drug-likeness (QED) is 0.894. The minimum absolute atomic E-state index is 0.263. The van der Waals surface area contributed by atoms with Gasteiger partial charge in [-0.3, -0.25) is 0 Å². The maximum absolute atomic E-state index is 5.94. The van der Waals surface area contributed by atoms with Crippen LogP contribution in [0.25, 0.3) is 0 Å². The van der Waals surface area contributed by atoms with Crippen LogP contribution in [0, 0.1) is 5.92 Å². The third kappa shape index (κ3) is 2.61. The van der Waals surface area contributed by atoms with E-state index >= 15 is 0 Å². The maximum atomic E-state index is 5.94. The number of nitrogens with one attached hydrogen (secondary N) is 2. The molecule has 1 aromatic carbocycles. The number of fused-ring (bicyclic) bond motifs is 2. The highest BCUT2D eigenvalue weighted by Gasteiger charge is 2.23. The average Bonchev–Trinajstić information content (AvgIpc) is 3.12. The minimum atomic E-state index is 0.263. The van der Waals surface area contributed by atoms with Gasteiger partial charge in [0, 0.05) is 44.6 Å². The average molecular weight is 284 g/mol. The molecule has 2 aromatic rings. The monoisotopic (exact) mass is 284 g/mol. The van der Waals surface area contributed by atoms with Gasteiger partial charge in [0.2, 0.25) is 0 Å². The fourth-order valence-corrected chi connectivity index (χ4v) is 3.14. The summed E-state index contributed by atoms with van der Waals surface area (Å²) in [6.07, 6.45) is 3.12. The summed E-state index contributed by atoms with van der Waals surface area (Å²) in [6.45, 7) is 3.87. The van der Waals surface area contributed by atoms with Gasteiger partial charge in [-0.15, -0.1) is 0 Å². The van der Waals surface area contributed by atoms with Crippen molar-refractivity contribution in [3.05, 3.63) is 42.1 Å². The molecule has 0 bridgehead atoms. The van der Waals surface area contributed by atoms with Crippen molar-refractivity contribution in [3.63, 3.8) is 0 Å². The lowest BCUT2D eigenvalue weighted by Gasteiger charge is -2.25. The van der Waals surface area contributed by atoms with Gasteiger partial charge in [-0.25, -0.2) is 4.68 Å². The Balaban J connectivity index is 1.25. The van der Waals surface area contributed by atoms with Crippen LogP contribution in [-0.4, -0.2) is 35.5 Å². The van der Waals surface area contributed by atoms with Crippen LogP contribution in [0.4, 0.5) is 5.82 Å². The van der Waals surface area contributed by atoms with Crippen molar-refractivity contribution in [1.29, 1.82) is 0 Å². The van der Waals surface area contributed by atoms with Crippen molar-refractivity contribution in [2.75, 3.05) is 25.0 Å². The summed E-state index contributed by atoms with van der Waals surface area (Å²) in [7, 11) is 0. The van der Waals surface area contributed by atoms with E-state index in [0.29, 0.717) is 5.92 Å². The van der Waals surface area contributed by atoms with E-state index in [2.05, 4.69) is 33.9 Å². The van der Waals surface area contributed by atoms with E-state index in [4.69, 9.17) is 4.74 Å². The van der Waals surface area contributed by atoms with Gasteiger partial charge in [0.1, 0.15) is 17.7 Å². The predicted octanol–water partition coefficient (Wildman–Crippen LogP) is 1.52. The minimum Gasteiger partial charge on any atom is -0.488 e. The highest BCUT2D eigenvalue weighted by molar-refractivity contribution is 5.37. The fourth-order valence-electron chi connectivity index (χ4n) is 3.14. The van der Waals surface area contributed by atoms with Gasteiger partial charge < -0.3 is 15.4 Å². The van der Waals surface area contributed by atoms with E-state index in [9.17, 15) is 0 Å². The molecule has 0 saturated heterocycles. The van der Waals surface area contributed by atoms with Gasteiger partial charge in [-0.05, 0) is 11.6 Å². The van der Waals surface area contributed by atoms with E-state index in [1.807, 2.05) is 23.0 Å². The van der Waals surface area contributed by atoms with Crippen LogP contribution in [0.2, 0.25) is 0 Å². The van der Waals surface area contributed by atoms with Crippen LogP contribution in [0.5, 0.6) is 5.75 Å². The van der Waals surface area contributed by atoms with Crippen LogP contribution in [-0.2, 0) is 13.0 Å². The molecule has 0 saturated carbocycles. The summed E-state index contributed by atoms with van der Waals surface area (Å²) < 4.78 is 7.98. The summed E-state index contributed by atoms with van der Waals surface area (Å²) in [4.78, 5) is 0. The molecular weight excluding hydrogens is 264 g/mol. The predicted molar refractivity (Wildman–Crippen MR) is 81.6 cm³/mol. The fraction of sp³-hybridized carbons (Fsp3) is 0.438. The van der Waals surface area contributed by atoms with E-state index in [0.717, 1.165) is 44.2 Å². The highest BCUT2D eigenvalue weighted by Crippen LogP contribution is 2.27. The molecule has 2 atom stereocenters. The smallest absolute Gasteiger partial charge is 0.124 e. The first kappa shape index (κ1) is 12.7. The molecule has 2 aliphatic heterocycles. The largest absolute Gasteiger partial charge is 0.488 e. The molecule has 3 heterocycles. The normalized spacial score (nSPS) is 23.0. The van der Waals surface area contributed by atoms with Crippen LogP contribution in [0.15, 0.2) is 36.5 Å². The Morgan fingerprint density at radius 3 is 3.19 bits per heavy atom. The summed E-state index contributed by atoms with van der Waals surface area (Å²) in [5.74, 6) is 2.74. The molecule has 0 spiro atoms. The van der Waals surface area contributed by atoms with E-state index in [1.54, 1.807) is 0 Å². The molecule has 110 valence electrons. The molecule has 4 rings (SSSR count). The molecule has 2 aliphatic rings. The van der Waals surface area contributed by atoms with Crippen LogP contribution in [0.1, 0.15) is 5.56 Å². The SMILES string of the molecule is c1ccc2c(c1)C[C@H](CNC[C@H]1CNc3ccnn3C1)O2. The number of rotatable bonds is 4. The summed E-state index contributed by atoms with van der Waals surface area (Å²) in [5.41, 5.74) is 1.32. The topological polar surface area (TPSA) is 51.1 Å². The second-order valence-electron chi connectivity index (χ2n) is 5.86. The second-order valence-corrected chi connectivity index (χ2v) is 5.86. The van der Waals surface area contributed by atoms with Crippen LogP contribution >= 0.6 is 0 Å². The Morgan fingerprint density at radius 1 is 1.29 bits per heavy atom. The number of hydrogen-bond acceptors (Lipinski definition) is 4. The Morgan fingerprint density at radius 2 is 2.24 bits per heavy atom. The van der Waals surface area contributed by atoms with Crippen molar-refractivity contribution < 1.29 is 4.74 Å². The third-order valence-corrected chi connectivity index (χ3v) is 4.24. The van der Waals surface area contributed by atoms with Crippen LogP contribution in [0.3, 0.4) is 0 Å². The number of anilines is 1. The Kier molecular flexibility index (Phi) is 3.27. The number of nitrogens with zero attached hydrogens (tertiary/aromatic N) is 2. The molecule has 0 fully saturated rings. The summed E-state index contributed by atoms with van der Waals surface area (Å²) in [6, 6.07) is 10.3. The lowest BCUT2D eigenvalue weighted by atomic mass is 10.1. The lowest BCUT2D eigenvalue weighted by molar-refractivity contribution is 0.223. The zero-order valence-corrected chi connectivity index (χ0v) is 12.0. The first-order valence-electron chi connectivity index (χ1n) is 7.59. The lowest BCUT2D eigenvalue weighted by Crippen LogP contribution is -2.38. The van der Waals surface area contributed by atoms with E-state index < -0.39 is 0 Å². The van der Waals surface area contributed by atoms with Crippen LogP contribution < -0.4 is 15.4 Å². The molecule has 0 radical (unpaired) electrons. The number of benzene rings is 1. The molecule has 21 heavy (non-hydrogen) atoms. The second kappa shape index (κ2) is 5.41. The zero-order valence-electron chi connectivity index (χ0n) is 12.0. The van der Waals surface area contributed by atoms with E-state index in [-0.39, 0.29) is 6.10 Å². The molecule has 0 unspecified atom stereocenters. The Labute approximate surface area is 124 Å². The Hall–Kier alpha value is -2.01. The number of hydrogen-bond donors (Lipinski definition) is 2. The van der Waals surface area contributed by atoms with E-state index in [1.165, 1.54) is 5.56 Å². The highest BCUT2D eigenvalue weighted by atomic mass is 16.5. The number of para-hydroxylation sites is 1. The van der Waals surface area contributed by atoms with Gasteiger partial charge in [0.05, 0.1) is 6.20 Å². The van der Waals surface area contributed by atoms with Crippen molar-refractivity contribution in [2.45, 2.75) is 19.1 Å².